The first-order valence-electron chi connectivity index (χ1n) is 9.53. The van der Waals surface area contributed by atoms with Crippen molar-refractivity contribution >= 4 is 40.3 Å². The van der Waals surface area contributed by atoms with Crippen molar-refractivity contribution in [1.29, 1.82) is 0 Å². The third-order valence-corrected chi connectivity index (χ3v) is 8.12. The van der Waals surface area contributed by atoms with Gasteiger partial charge in [-0.25, -0.2) is 23.7 Å². The minimum atomic E-state index is -5.62. The van der Waals surface area contributed by atoms with Crippen molar-refractivity contribution in [1.82, 2.24) is 24.7 Å². The van der Waals surface area contributed by atoms with Crippen molar-refractivity contribution in [3.05, 3.63) is 18.9 Å². The summed E-state index contributed by atoms with van der Waals surface area (Å²) in [6, 6.07) is 0. The van der Waals surface area contributed by atoms with E-state index in [0.29, 0.717) is 16.6 Å². The Labute approximate surface area is 196 Å². The smallest absolute Gasteiger partial charge is 0.383 e. The quantitative estimate of drug-likeness (QED) is 0.198. The van der Waals surface area contributed by atoms with Crippen LogP contribution in [0.2, 0.25) is 0 Å². The van der Waals surface area contributed by atoms with Crippen molar-refractivity contribution in [2.24, 2.45) is 0 Å². The fraction of sp³-hybridized carbons (Fsp3) is 0.429. The molecule has 0 spiro atoms. The molecular weight excluding hydrogens is 537 g/mol. The van der Waals surface area contributed by atoms with Crippen molar-refractivity contribution < 1.29 is 55.7 Å². The molecule has 0 amide bonds. The highest BCUT2D eigenvalue weighted by Crippen LogP contribution is 2.66. The molecule has 0 saturated carbocycles. The molecule has 3 aromatic heterocycles. The van der Waals surface area contributed by atoms with E-state index in [9.17, 15) is 23.5 Å². The Hall–Kier alpha value is -2.07. The zero-order valence-corrected chi connectivity index (χ0v) is 20.7. The second-order valence-electron chi connectivity index (χ2n) is 6.81. The zero-order chi connectivity index (χ0) is 26.0. The van der Waals surface area contributed by atoms with Crippen LogP contribution in [0.1, 0.15) is 26.5 Å². The number of phosphoric acid groups is 3. The number of phosphoric ester groups is 1. The monoisotopic (exact) mass is 558 g/mol. The second-order valence-corrected chi connectivity index (χ2v) is 11.2. The molecule has 3 heterocycles. The molecule has 0 aliphatic carbocycles. The molecule has 0 aromatic carbocycles. The highest BCUT2D eigenvalue weighted by atomic mass is 31.3. The summed E-state index contributed by atoms with van der Waals surface area (Å²) in [6.07, 6.45) is 2.60. The Morgan fingerprint density at radius 2 is 1.83 bits per heavy atom. The van der Waals surface area contributed by atoms with E-state index < -0.39 is 42.4 Å². The van der Waals surface area contributed by atoms with Crippen LogP contribution in [0.4, 0.5) is 5.82 Å². The maximum atomic E-state index is 12.0. The Bertz CT molecular complexity index is 1310. The van der Waals surface area contributed by atoms with Crippen LogP contribution in [0.3, 0.4) is 0 Å². The fourth-order valence-electron chi connectivity index (χ4n) is 2.92. The van der Waals surface area contributed by atoms with Crippen LogP contribution in [-0.2, 0) is 31.6 Å². The van der Waals surface area contributed by atoms with Crippen LogP contribution >= 0.6 is 23.5 Å². The third-order valence-electron chi connectivity index (χ3n) is 4.32. The number of ether oxygens (including phenoxy) is 1. The molecule has 0 aliphatic heterocycles. The number of fused-ring (bicyclic) bond motifs is 1. The van der Waals surface area contributed by atoms with Crippen LogP contribution in [0.25, 0.3) is 22.4 Å². The molecule has 0 radical (unpaired) electrons. The summed E-state index contributed by atoms with van der Waals surface area (Å²) in [7, 11) is -16.4. The van der Waals surface area contributed by atoms with E-state index in [1.807, 2.05) is 0 Å². The van der Waals surface area contributed by atoms with Crippen LogP contribution in [0.5, 0.6) is 0 Å². The van der Waals surface area contributed by atoms with Crippen molar-refractivity contribution in [3.8, 4) is 11.4 Å². The van der Waals surface area contributed by atoms with Gasteiger partial charge in [-0.2, -0.15) is 13.6 Å². The van der Waals surface area contributed by atoms with Gasteiger partial charge in [0, 0.05) is 6.20 Å². The average molecular weight is 558 g/mol. The number of nitrogens with two attached hydrogens (primary N) is 1. The first kappa shape index (κ1) is 27.5. The van der Waals surface area contributed by atoms with Crippen molar-refractivity contribution in [2.45, 2.75) is 32.6 Å². The summed E-state index contributed by atoms with van der Waals surface area (Å²) in [5.74, 6) is 0.377. The molecule has 0 saturated heterocycles. The predicted molar refractivity (Wildman–Crippen MR) is 115 cm³/mol. The molecule has 3 aromatic rings. The van der Waals surface area contributed by atoms with Crippen LogP contribution in [-0.4, -0.2) is 57.0 Å². The van der Waals surface area contributed by atoms with Gasteiger partial charge in [0.15, 0.2) is 0 Å². The molecule has 18 nitrogen and oxygen atoms in total. The Morgan fingerprint density at radius 3 is 2.43 bits per heavy atom. The van der Waals surface area contributed by atoms with Gasteiger partial charge in [0.1, 0.15) is 24.0 Å². The normalized spacial score (nSPS) is 17.7. The fourth-order valence-corrected chi connectivity index (χ4v) is 5.97. The number of aromatic nitrogens is 5. The van der Waals surface area contributed by atoms with E-state index in [0.717, 1.165) is 6.39 Å². The lowest BCUT2D eigenvalue weighted by Gasteiger charge is -2.24. The van der Waals surface area contributed by atoms with Gasteiger partial charge < -0.3 is 39.1 Å². The molecule has 4 atom stereocenters. The van der Waals surface area contributed by atoms with Crippen LogP contribution in [0, 0.1) is 0 Å². The van der Waals surface area contributed by atoms with Crippen molar-refractivity contribution in [3.63, 3.8) is 0 Å². The lowest BCUT2D eigenvalue weighted by molar-refractivity contribution is -0.0634. The number of hydrogen-bond donors (Lipinski definition) is 5. The van der Waals surface area contributed by atoms with Gasteiger partial charge in [-0.05, 0) is 13.3 Å². The van der Waals surface area contributed by atoms with Crippen LogP contribution < -0.4 is 5.73 Å². The molecular formula is C14H21N6O12P3. The summed E-state index contributed by atoms with van der Waals surface area (Å²) in [4.78, 5) is 48.2. The predicted octanol–water partition coefficient (Wildman–Crippen LogP) is 1.72. The Morgan fingerprint density at radius 1 is 1.11 bits per heavy atom. The molecule has 0 bridgehead atoms. The molecule has 21 heteroatoms. The summed E-state index contributed by atoms with van der Waals surface area (Å²) < 4.78 is 58.4. The van der Waals surface area contributed by atoms with Gasteiger partial charge in [-0.15, -0.1) is 0 Å². The molecule has 194 valence electrons. The molecule has 6 N–H and O–H groups in total. The summed E-state index contributed by atoms with van der Waals surface area (Å²) in [5, 5.41) is 4.22. The molecule has 35 heavy (non-hydrogen) atoms. The average Bonchev–Trinajstić information content (AvgIpc) is 3.36. The van der Waals surface area contributed by atoms with Crippen molar-refractivity contribution in [2.75, 3.05) is 12.3 Å². The van der Waals surface area contributed by atoms with E-state index >= 15 is 0 Å². The summed E-state index contributed by atoms with van der Waals surface area (Å²) >= 11 is 0. The third kappa shape index (κ3) is 7.22. The van der Waals surface area contributed by atoms with Gasteiger partial charge in [0.25, 0.3) is 0 Å². The van der Waals surface area contributed by atoms with E-state index in [1.165, 1.54) is 6.33 Å². The van der Waals surface area contributed by atoms with E-state index in [4.69, 9.17) is 24.8 Å². The summed E-state index contributed by atoms with van der Waals surface area (Å²) in [6.45, 7) is 2.68. The van der Waals surface area contributed by atoms with Gasteiger partial charge in [-0.3, -0.25) is 4.52 Å². The highest BCUT2D eigenvalue weighted by Gasteiger charge is 2.41. The number of nitrogen functional groups attached to an aromatic ring is 1. The Kier molecular flexibility index (Phi) is 8.26. The largest absolute Gasteiger partial charge is 0.490 e. The topological polar surface area (TPSA) is 265 Å². The SMILES string of the molecule is CCC(COP(=O)(O)OP(=O)(O)OP(=O)(O)O)OC(C)n1cc(-c2ncon2)c2c(N)ncnc21. The van der Waals surface area contributed by atoms with Gasteiger partial charge in [0.05, 0.1) is 23.7 Å². The second kappa shape index (κ2) is 10.5. The minimum absolute atomic E-state index is 0.153. The number of hydrogen-bond acceptors (Lipinski definition) is 13. The van der Waals surface area contributed by atoms with Gasteiger partial charge in [0.2, 0.25) is 12.2 Å². The standard InChI is InChI=1S/C14H21N6O12P3/c1-3-9(5-29-34(24,25)32-35(26,27)31-33(21,22)23)30-8(2)20-4-10(13-18-7-28-19-13)11-12(15)16-6-17-14(11)20/h4,6-9H,3,5H2,1-2H3,(H,24,25)(H,26,27)(H2,15,16,17)(H2,21,22,23). The first-order chi connectivity index (χ1) is 16.2. The zero-order valence-electron chi connectivity index (χ0n) is 18.0. The lowest BCUT2D eigenvalue weighted by Crippen LogP contribution is -2.23. The highest BCUT2D eigenvalue weighted by molar-refractivity contribution is 7.66. The lowest BCUT2D eigenvalue weighted by atomic mass is 10.2. The molecule has 0 aliphatic rings. The maximum absolute atomic E-state index is 12.0. The Balaban J connectivity index is 1.74. The maximum Gasteiger partial charge on any atom is 0.490 e. The summed E-state index contributed by atoms with van der Waals surface area (Å²) in [5.41, 5.74) is 6.83. The molecule has 3 rings (SSSR count). The molecule has 0 fully saturated rings. The van der Waals surface area contributed by atoms with Crippen LogP contribution in [0.15, 0.2) is 23.4 Å². The van der Waals surface area contributed by atoms with E-state index in [1.54, 1.807) is 24.6 Å². The first-order valence-corrected chi connectivity index (χ1v) is 14.0. The number of nitrogens with zero attached hydrogens (tertiary/aromatic N) is 5. The molecule has 4 unspecified atom stereocenters. The number of rotatable bonds is 12. The number of anilines is 1. The van der Waals surface area contributed by atoms with Gasteiger partial charge in [-0.1, -0.05) is 12.1 Å². The van der Waals surface area contributed by atoms with E-state index in [-0.39, 0.29) is 18.1 Å². The van der Waals surface area contributed by atoms with Gasteiger partial charge >= 0.3 is 23.5 Å². The van der Waals surface area contributed by atoms with E-state index in [2.05, 4.69) is 33.3 Å². The minimum Gasteiger partial charge on any atom is -0.383 e.